The number of rotatable bonds is 3. The molecule has 3 nitrogen and oxygen atoms in total. The Morgan fingerprint density at radius 3 is 2.88 bits per heavy atom. The second-order valence-corrected chi connectivity index (χ2v) is 5.37. The Morgan fingerprint density at radius 1 is 1.53 bits per heavy atom. The molecule has 0 aliphatic rings. The summed E-state index contributed by atoms with van der Waals surface area (Å²) in [6, 6.07) is 6.64. The van der Waals surface area contributed by atoms with Crippen LogP contribution in [0.4, 0.5) is 0 Å². The number of halogens is 2. The Morgan fingerprint density at radius 2 is 2.29 bits per heavy atom. The fourth-order valence-corrected chi connectivity index (χ4v) is 2.13. The van der Waals surface area contributed by atoms with Crippen LogP contribution in [0.2, 0.25) is 5.02 Å². The van der Waals surface area contributed by atoms with Gasteiger partial charge in [0.05, 0.1) is 9.77 Å². The molecule has 1 aromatic heterocycles. The fraction of sp³-hybridized carbons (Fsp3) is 0.167. The third-order valence-electron chi connectivity index (χ3n) is 2.46. The average molecular weight is 361 g/mol. The molecule has 0 radical (unpaired) electrons. The molecule has 0 N–H and O–H groups in total. The van der Waals surface area contributed by atoms with E-state index in [1.165, 1.54) is 0 Å². The van der Waals surface area contributed by atoms with E-state index in [4.69, 9.17) is 11.6 Å². The summed E-state index contributed by atoms with van der Waals surface area (Å²) in [6.07, 6.45) is 3.57. The van der Waals surface area contributed by atoms with Gasteiger partial charge in [0.1, 0.15) is 6.04 Å². The maximum Gasteiger partial charge on any atom is 0.187 e. The van der Waals surface area contributed by atoms with E-state index < -0.39 is 0 Å². The van der Waals surface area contributed by atoms with Crippen molar-refractivity contribution in [3.8, 4) is 0 Å². The third-order valence-corrected chi connectivity index (χ3v) is 3.25. The highest BCUT2D eigenvalue weighted by Gasteiger charge is 2.17. The van der Waals surface area contributed by atoms with Crippen LogP contribution in [0.1, 0.15) is 23.3 Å². The topological polar surface area (TPSA) is 34.9 Å². The lowest BCUT2D eigenvalue weighted by Gasteiger charge is -2.11. The molecule has 1 aromatic carbocycles. The van der Waals surface area contributed by atoms with E-state index in [1.54, 1.807) is 35.1 Å². The van der Waals surface area contributed by atoms with Crippen molar-refractivity contribution < 1.29 is 4.79 Å². The first-order valence-corrected chi connectivity index (χ1v) is 6.53. The smallest absolute Gasteiger partial charge is 0.187 e. The van der Waals surface area contributed by atoms with Crippen LogP contribution in [0, 0.1) is 3.57 Å². The Bertz CT molecular complexity index is 553. The van der Waals surface area contributed by atoms with Crippen LogP contribution in [0.3, 0.4) is 0 Å². The molecule has 0 spiro atoms. The SMILES string of the molecule is CC(C(=O)c1cccc(Cl)c1)n1cc(I)cn1. The van der Waals surface area contributed by atoms with Crippen molar-refractivity contribution in [2.45, 2.75) is 13.0 Å². The lowest BCUT2D eigenvalue weighted by molar-refractivity contribution is 0.0928. The maximum atomic E-state index is 12.2. The molecule has 1 atom stereocenters. The summed E-state index contributed by atoms with van der Waals surface area (Å²) in [5, 5.41) is 4.71. The van der Waals surface area contributed by atoms with Gasteiger partial charge in [-0.15, -0.1) is 0 Å². The number of nitrogens with zero attached hydrogens (tertiary/aromatic N) is 2. The predicted molar refractivity (Wildman–Crippen MR) is 75.4 cm³/mol. The molecule has 0 bridgehead atoms. The molecule has 1 unspecified atom stereocenters. The third kappa shape index (κ3) is 2.87. The van der Waals surface area contributed by atoms with Gasteiger partial charge in [-0.25, -0.2) is 0 Å². The van der Waals surface area contributed by atoms with Crippen molar-refractivity contribution >= 4 is 40.0 Å². The lowest BCUT2D eigenvalue weighted by Crippen LogP contribution is -2.17. The average Bonchev–Trinajstić information content (AvgIpc) is 2.74. The van der Waals surface area contributed by atoms with Gasteiger partial charge in [-0.2, -0.15) is 5.10 Å². The van der Waals surface area contributed by atoms with Gasteiger partial charge >= 0.3 is 0 Å². The molecule has 0 aliphatic carbocycles. The fourth-order valence-electron chi connectivity index (χ4n) is 1.53. The number of hydrogen-bond donors (Lipinski definition) is 0. The van der Waals surface area contributed by atoms with Gasteiger partial charge in [0.25, 0.3) is 0 Å². The van der Waals surface area contributed by atoms with E-state index in [0.717, 1.165) is 3.57 Å². The van der Waals surface area contributed by atoms with Gasteiger partial charge < -0.3 is 0 Å². The molecule has 0 saturated heterocycles. The van der Waals surface area contributed by atoms with Gasteiger partial charge in [-0.1, -0.05) is 23.7 Å². The minimum Gasteiger partial charge on any atom is -0.292 e. The van der Waals surface area contributed by atoms with Crippen molar-refractivity contribution in [2.75, 3.05) is 0 Å². The van der Waals surface area contributed by atoms with E-state index in [-0.39, 0.29) is 11.8 Å². The van der Waals surface area contributed by atoms with Crippen molar-refractivity contribution in [1.29, 1.82) is 0 Å². The van der Waals surface area contributed by atoms with Gasteiger partial charge in [-0.05, 0) is 41.6 Å². The van der Waals surface area contributed by atoms with E-state index >= 15 is 0 Å². The van der Waals surface area contributed by atoms with Crippen LogP contribution in [-0.2, 0) is 0 Å². The van der Waals surface area contributed by atoms with Gasteiger partial charge in [0.2, 0.25) is 0 Å². The Labute approximate surface area is 118 Å². The number of ketones is 1. The molecule has 0 fully saturated rings. The van der Waals surface area contributed by atoms with E-state index in [2.05, 4.69) is 27.7 Å². The summed E-state index contributed by atoms with van der Waals surface area (Å²) >= 11 is 8.03. The minimum absolute atomic E-state index is 0.00648. The van der Waals surface area contributed by atoms with Crippen LogP contribution >= 0.6 is 34.2 Å². The van der Waals surface area contributed by atoms with Crippen molar-refractivity contribution in [1.82, 2.24) is 9.78 Å². The highest BCUT2D eigenvalue weighted by molar-refractivity contribution is 14.1. The summed E-state index contributed by atoms with van der Waals surface area (Å²) in [6.45, 7) is 1.83. The normalized spacial score (nSPS) is 12.4. The standard InChI is InChI=1S/C12H10ClIN2O/c1-8(16-7-11(14)6-15-16)12(17)9-3-2-4-10(13)5-9/h2-8H,1H3. The Kier molecular flexibility index (Phi) is 3.83. The summed E-state index contributed by atoms with van der Waals surface area (Å²) in [5.74, 6) is 0.00648. The largest absolute Gasteiger partial charge is 0.292 e. The molecule has 1 heterocycles. The minimum atomic E-state index is -0.322. The number of aromatic nitrogens is 2. The van der Waals surface area contributed by atoms with E-state index in [0.29, 0.717) is 10.6 Å². The number of carbonyl (C=O) groups is 1. The molecular weight excluding hydrogens is 351 g/mol. The van der Waals surface area contributed by atoms with Crippen molar-refractivity contribution in [3.05, 3.63) is 50.8 Å². The summed E-state index contributed by atoms with van der Waals surface area (Å²) in [4.78, 5) is 12.2. The first kappa shape index (κ1) is 12.6. The van der Waals surface area contributed by atoms with E-state index in [1.807, 2.05) is 13.1 Å². The Hall–Kier alpha value is -0.880. The first-order chi connectivity index (χ1) is 8.08. The molecule has 17 heavy (non-hydrogen) atoms. The zero-order valence-electron chi connectivity index (χ0n) is 9.10. The van der Waals surface area contributed by atoms with Gasteiger partial charge in [0.15, 0.2) is 5.78 Å². The van der Waals surface area contributed by atoms with E-state index in [9.17, 15) is 4.79 Å². The maximum absolute atomic E-state index is 12.2. The molecule has 0 aliphatic heterocycles. The molecular formula is C12H10ClIN2O. The summed E-state index contributed by atoms with van der Waals surface area (Å²) < 4.78 is 2.67. The second kappa shape index (κ2) is 5.18. The predicted octanol–water partition coefficient (Wildman–Crippen LogP) is 3.59. The van der Waals surface area contributed by atoms with Crippen LogP contribution in [-0.4, -0.2) is 15.6 Å². The summed E-state index contributed by atoms with van der Waals surface area (Å²) in [5.41, 5.74) is 0.607. The molecule has 5 heteroatoms. The number of benzene rings is 1. The second-order valence-electron chi connectivity index (χ2n) is 3.69. The highest BCUT2D eigenvalue weighted by atomic mass is 127. The van der Waals surface area contributed by atoms with Crippen LogP contribution in [0.25, 0.3) is 0 Å². The molecule has 0 saturated carbocycles. The molecule has 88 valence electrons. The number of carbonyl (C=O) groups excluding carboxylic acids is 1. The van der Waals surface area contributed by atoms with Crippen molar-refractivity contribution in [3.63, 3.8) is 0 Å². The van der Waals surface area contributed by atoms with Crippen LogP contribution < -0.4 is 0 Å². The van der Waals surface area contributed by atoms with Gasteiger partial charge in [-0.3, -0.25) is 9.48 Å². The zero-order valence-corrected chi connectivity index (χ0v) is 12.0. The van der Waals surface area contributed by atoms with Crippen molar-refractivity contribution in [2.24, 2.45) is 0 Å². The quantitative estimate of drug-likeness (QED) is 0.619. The van der Waals surface area contributed by atoms with Gasteiger partial charge in [0, 0.05) is 16.8 Å². The zero-order chi connectivity index (χ0) is 12.4. The number of hydrogen-bond acceptors (Lipinski definition) is 2. The summed E-state index contributed by atoms with van der Waals surface area (Å²) in [7, 11) is 0. The van der Waals surface area contributed by atoms with Crippen LogP contribution in [0.5, 0.6) is 0 Å². The monoisotopic (exact) mass is 360 g/mol. The lowest BCUT2D eigenvalue weighted by atomic mass is 10.1. The molecule has 0 amide bonds. The number of Topliss-reactive ketones (excluding diaryl/α,β-unsaturated/α-hetero) is 1. The molecule has 2 aromatic rings. The Balaban J connectivity index is 2.26. The van der Waals surface area contributed by atoms with Crippen LogP contribution in [0.15, 0.2) is 36.7 Å². The highest BCUT2D eigenvalue weighted by Crippen LogP contribution is 2.17. The first-order valence-electron chi connectivity index (χ1n) is 5.07. The molecule has 2 rings (SSSR count).